The molecule has 0 saturated carbocycles. The van der Waals surface area contributed by atoms with E-state index in [4.69, 9.17) is 5.73 Å². The maximum atomic E-state index is 11.9. The van der Waals surface area contributed by atoms with Gasteiger partial charge in [-0.05, 0) is 42.7 Å². The molecular formula is C15H12N4O2. The quantitative estimate of drug-likeness (QED) is 0.732. The lowest BCUT2D eigenvalue weighted by Crippen LogP contribution is -2.16. The van der Waals surface area contributed by atoms with Crippen molar-refractivity contribution in [3.8, 4) is 29.0 Å². The Morgan fingerprint density at radius 3 is 2.10 bits per heavy atom. The fraction of sp³-hybridized carbons (Fsp3) is 0.133. The van der Waals surface area contributed by atoms with Crippen LogP contribution in [0.3, 0.4) is 0 Å². The summed E-state index contributed by atoms with van der Waals surface area (Å²) in [5.41, 5.74) is 6.97. The third-order valence-corrected chi connectivity index (χ3v) is 3.24. The molecule has 1 heterocycles. The molecule has 0 atom stereocenters. The number of nitriles is 2. The van der Waals surface area contributed by atoms with Crippen molar-refractivity contribution in [1.29, 1.82) is 10.5 Å². The van der Waals surface area contributed by atoms with Gasteiger partial charge in [0.1, 0.15) is 34.8 Å². The van der Waals surface area contributed by atoms with Gasteiger partial charge >= 0.3 is 0 Å². The highest BCUT2D eigenvalue weighted by Gasteiger charge is 2.21. The number of nitrogens with zero attached hydrogens (tertiary/aromatic N) is 2. The number of aromatic nitrogens is 1. The molecule has 6 nitrogen and oxygen atoms in total. The number of nitrogen functional groups attached to an aromatic ring is 1. The van der Waals surface area contributed by atoms with Gasteiger partial charge in [0.2, 0.25) is 0 Å². The Balaban J connectivity index is 3.05. The minimum Gasteiger partial charge on any atom is -0.508 e. The fourth-order valence-corrected chi connectivity index (χ4v) is 2.43. The number of phenols is 1. The van der Waals surface area contributed by atoms with E-state index in [0.717, 1.165) is 0 Å². The van der Waals surface area contributed by atoms with Gasteiger partial charge in [0, 0.05) is 5.56 Å². The van der Waals surface area contributed by atoms with Crippen LogP contribution in [0.25, 0.3) is 11.1 Å². The Morgan fingerprint density at radius 2 is 1.62 bits per heavy atom. The summed E-state index contributed by atoms with van der Waals surface area (Å²) < 4.78 is 0. The van der Waals surface area contributed by atoms with Crippen LogP contribution in [0.1, 0.15) is 22.3 Å². The molecule has 0 saturated heterocycles. The lowest BCUT2D eigenvalue weighted by atomic mass is 9.90. The molecule has 0 fully saturated rings. The Morgan fingerprint density at radius 1 is 1.10 bits per heavy atom. The van der Waals surface area contributed by atoms with Crippen molar-refractivity contribution in [1.82, 2.24) is 4.98 Å². The number of anilines is 1. The molecule has 0 amide bonds. The van der Waals surface area contributed by atoms with Gasteiger partial charge in [0.15, 0.2) is 0 Å². The second kappa shape index (κ2) is 5.03. The van der Waals surface area contributed by atoms with Crippen LogP contribution in [0.4, 0.5) is 5.82 Å². The molecule has 4 N–H and O–H groups in total. The van der Waals surface area contributed by atoms with Crippen LogP contribution in [0.2, 0.25) is 0 Å². The number of hydrogen-bond donors (Lipinski definition) is 3. The van der Waals surface area contributed by atoms with Crippen molar-refractivity contribution in [3.05, 3.63) is 44.7 Å². The molecule has 21 heavy (non-hydrogen) atoms. The van der Waals surface area contributed by atoms with E-state index in [-0.39, 0.29) is 28.3 Å². The molecule has 0 bridgehead atoms. The lowest BCUT2D eigenvalue weighted by molar-refractivity contribution is 0.474. The average molecular weight is 280 g/mol. The Labute approximate surface area is 120 Å². The maximum Gasteiger partial charge on any atom is 0.268 e. The number of hydrogen-bond acceptors (Lipinski definition) is 5. The average Bonchev–Trinajstić information content (AvgIpc) is 2.37. The number of H-pyrrole nitrogens is 1. The number of rotatable bonds is 1. The Kier molecular flexibility index (Phi) is 3.39. The van der Waals surface area contributed by atoms with Crippen molar-refractivity contribution in [2.24, 2.45) is 0 Å². The van der Waals surface area contributed by atoms with Gasteiger partial charge in [-0.3, -0.25) is 4.79 Å². The summed E-state index contributed by atoms with van der Waals surface area (Å²) >= 11 is 0. The molecule has 2 rings (SSSR count). The number of phenolic OH excluding ortho intramolecular Hbond substituents is 1. The number of nitrogens with one attached hydrogen (secondary N) is 1. The van der Waals surface area contributed by atoms with Gasteiger partial charge in [-0.15, -0.1) is 0 Å². The highest BCUT2D eigenvalue weighted by Crippen LogP contribution is 2.35. The van der Waals surface area contributed by atoms with Crippen LogP contribution in [0.15, 0.2) is 16.9 Å². The number of aromatic hydroxyl groups is 1. The fourth-order valence-electron chi connectivity index (χ4n) is 2.43. The van der Waals surface area contributed by atoms with Crippen LogP contribution >= 0.6 is 0 Å². The van der Waals surface area contributed by atoms with Crippen molar-refractivity contribution < 1.29 is 5.11 Å². The van der Waals surface area contributed by atoms with E-state index in [1.165, 1.54) is 12.1 Å². The topological polar surface area (TPSA) is 127 Å². The molecule has 0 spiro atoms. The summed E-state index contributed by atoms with van der Waals surface area (Å²) in [6, 6.07) is 6.75. The van der Waals surface area contributed by atoms with E-state index in [1.807, 2.05) is 12.1 Å². The van der Waals surface area contributed by atoms with Crippen LogP contribution in [0.5, 0.6) is 5.75 Å². The molecule has 1 aromatic heterocycles. The lowest BCUT2D eigenvalue weighted by Gasteiger charge is -2.14. The zero-order valence-corrected chi connectivity index (χ0v) is 11.5. The molecule has 104 valence electrons. The first-order chi connectivity index (χ1) is 9.90. The zero-order valence-electron chi connectivity index (χ0n) is 11.5. The van der Waals surface area contributed by atoms with E-state index in [9.17, 15) is 20.4 Å². The summed E-state index contributed by atoms with van der Waals surface area (Å²) in [6.07, 6.45) is 0. The van der Waals surface area contributed by atoms with E-state index in [0.29, 0.717) is 16.7 Å². The first kappa shape index (κ1) is 14.2. The van der Waals surface area contributed by atoms with Crippen molar-refractivity contribution in [2.45, 2.75) is 13.8 Å². The molecular weight excluding hydrogens is 268 g/mol. The first-order valence-electron chi connectivity index (χ1n) is 6.07. The zero-order chi connectivity index (χ0) is 15.7. The predicted octanol–water partition coefficient (Wildman–Crippen LogP) is 1.69. The van der Waals surface area contributed by atoms with Crippen LogP contribution in [0, 0.1) is 36.5 Å². The minimum absolute atomic E-state index is 0.0445. The summed E-state index contributed by atoms with van der Waals surface area (Å²) in [7, 11) is 0. The molecule has 0 radical (unpaired) electrons. The van der Waals surface area contributed by atoms with Gasteiger partial charge in [-0.25, -0.2) is 0 Å². The number of nitrogens with two attached hydrogens (primary N) is 1. The molecule has 0 aliphatic heterocycles. The van der Waals surface area contributed by atoms with Gasteiger partial charge in [-0.1, -0.05) is 0 Å². The molecule has 0 aliphatic rings. The predicted molar refractivity (Wildman–Crippen MR) is 77.5 cm³/mol. The van der Waals surface area contributed by atoms with Crippen LogP contribution in [-0.4, -0.2) is 10.1 Å². The Hall–Kier alpha value is -3.25. The Bertz CT molecular complexity index is 859. The van der Waals surface area contributed by atoms with Gasteiger partial charge in [0.05, 0.1) is 0 Å². The van der Waals surface area contributed by atoms with E-state index < -0.39 is 5.56 Å². The summed E-state index contributed by atoms with van der Waals surface area (Å²) in [6.45, 7) is 3.45. The molecule has 2 aromatic rings. The van der Waals surface area contributed by atoms with Gasteiger partial charge in [0.25, 0.3) is 5.56 Å². The summed E-state index contributed by atoms with van der Waals surface area (Å²) in [5, 5.41) is 28.1. The molecule has 1 aromatic carbocycles. The van der Waals surface area contributed by atoms with Crippen molar-refractivity contribution >= 4 is 5.82 Å². The van der Waals surface area contributed by atoms with E-state index in [1.54, 1.807) is 13.8 Å². The summed E-state index contributed by atoms with van der Waals surface area (Å²) in [5.74, 6) is -0.00745. The highest BCUT2D eigenvalue weighted by atomic mass is 16.3. The SMILES string of the molecule is Cc1cc(O)cc(C)c1-c1c(C#N)c(N)[nH]c(=O)c1C#N. The van der Waals surface area contributed by atoms with E-state index >= 15 is 0 Å². The van der Waals surface area contributed by atoms with Gasteiger partial charge in [-0.2, -0.15) is 10.5 Å². The molecule has 0 unspecified atom stereocenters. The van der Waals surface area contributed by atoms with Crippen LogP contribution in [-0.2, 0) is 0 Å². The molecule has 0 aliphatic carbocycles. The monoisotopic (exact) mass is 280 g/mol. The molecule has 6 heteroatoms. The standard InChI is InChI=1S/C15H12N4O2/c1-7-3-9(20)4-8(2)12(7)13-10(5-16)14(18)19-15(21)11(13)6-17/h3-4,20H,1-2H3,(H3,18,19,21). The third kappa shape index (κ3) is 2.19. The van der Waals surface area contributed by atoms with E-state index in [2.05, 4.69) is 4.98 Å². The second-order valence-corrected chi connectivity index (χ2v) is 4.67. The van der Waals surface area contributed by atoms with Gasteiger partial charge < -0.3 is 15.8 Å². The second-order valence-electron chi connectivity index (χ2n) is 4.67. The summed E-state index contributed by atoms with van der Waals surface area (Å²) in [4.78, 5) is 14.2. The number of benzene rings is 1. The largest absolute Gasteiger partial charge is 0.508 e. The van der Waals surface area contributed by atoms with Crippen molar-refractivity contribution in [3.63, 3.8) is 0 Å². The highest BCUT2D eigenvalue weighted by molar-refractivity contribution is 5.84. The maximum absolute atomic E-state index is 11.9. The minimum atomic E-state index is -0.643. The van der Waals surface area contributed by atoms with Crippen molar-refractivity contribution in [2.75, 3.05) is 5.73 Å². The van der Waals surface area contributed by atoms with Crippen LogP contribution < -0.4 is 11.3 Å². The number of aromatic amines is 1. The smallest absolute Gasteiger partial charge is 0.268 e. The first-order valence-corrected chi connectivity index (χ1v) is 6.07. The third-order valence-electron chi connectivity index (χ3n) is 3.24. The number of aryl methyl sites for hydroxylation is 2. The normalized spacial score (nSPS) is 9.90. The number of pyridine rings is 1.